The van der Waals surface area contributed by atoms with Crippen molar-refractivity contribution in [2.75, 3.05) is 50.0 Å². The summed E-state index contributed by atoms with van der Waals surface area (Å²) in [6, 6.07) is 2.15. The maximum atomic E-state index is 16.9. The van der Waals surface area contributed by atoms with Gasteiger partial charge in [-0.05, 0) is 81.2 Å². The number of nitrogen functional groups attached to an aromatic ring is 1. The van der Waals surface area contributed by atoms with E-state index in [1.165, 1.54) is 6.07 Å². The number of nitrogens with one attached hydrogen (secondary N) is 1. The third-order valence-corrected chi connectivity index (χ3v) is 10.9. The molecule has 258 valence electrons. The van der Waals surface area contributed by atoms with Crippen LogP contribution in [0.15, 0.2) is 12.1 Å². The van der Waals surface area contributed by atoms with Crippen LogP contribution in [-0.2, 0) is 11.2 Å². The van der Waals surface area contributed by atoms with Gasteiger partial charge < -0.3 is 25.8 Å². The molecule has 2 unspecified atom stereocenters. The van der Waals surface area contributed by atoms with Gasteiger partial charge in [0.05, 0.1) is 27.4 Å². The molecule has 9 nitrogen and oxygen atoms in total. The third-order valence-electron chi connectivity index (χ3n) is 10.5. The average Bonchev–Trinajstić information content (AvgIpc) is 3.57. The zero-order valence-electron chi connectivity index (χ0n) is 26.6. The summed E-state index contributed by atoms with van der Waals surface area (Å²) in [6.07, 6.45) is 3.34. The maximum Gasteiger partial charge on any atom is 0.319 e. The Balaban J connectivity index is 1.39. The van der Waals surface area contributed by atoms with Crippen molar-refractivity contribution in [1.29, 1.82) is 0 Å². The van der Waals surface area contributed by atoms with Gasteiger partial charge in [-0.25, -0.2) is 17.6 Å². The first-order valence-electron chi connectivity index (χ1n) is 16.7. The van der Waals surface area contributed by atoms with Gasteiger partial charge in [-0.1, -0.05) is 11.6 Å². The Bertz CT molecular complexity index is 1770. The highest BCUT2D eigenvalue weighted by Crippen LogP contribution is 2.43. The molecule has 0 spiro atoms. The Hall–Kier alpha value is -3.42. The van der Waals surface area contributed by atoms with E-state index in [1.54, 1.807) is 4.90 Å². The molecule has 48 heavy (non-hydrogen) atoms. The molecule has 3 aromatic rings. The molecule has 1 amide bonds. The Morgan fingerprint density at radius 2 is 1.85 bits per heavy atom. The lowest BCUT2D eigenvalue weighted by molar-refractivity contribution is -0.121. The molecule has 6 heterocycles. The van der Waals surface area contributed by atoms with E-state index in [4.69, 9.17) is 22.1 Å². The molecule has 5 aliphatic heterocycles. The molecule has 8 rings (SSSR count). The number of anilines is 2. The van der Waals surface area contributed by atoms with Crippen molar-refractivity contribution in [2.24, 2.45) is 0 Å². The summed E-state index contributed by atoms with van der Waals surface area (Å²) in [4.78, 5) is 25.5. The third kappa shape index (κ3) is 6.02. The van der Waals surface area contributed by atoms with Crippen molar-refractivity contribution in [2.45, 2.75) is 81.5 Å². The number of rotatable bonds is 3. The van der Waals surface area contributed by atoms with E-state index in [9.17, 15) is 18.7 Å². The molecule has 6 bridgehead atoms. The number of carbonyl (C=O) groups is 1. The maximum absolute atomic E-state index is 16.9. The standard InChI is InChI=1S/C34H39ClF4N6O3/c35-27-20-5-1-2-6-25(46)41-10-9-34(47)8-4-11-44(17-34)31-22-13-23(37)26(21(20)14-24(40)28(27)38)29(39)30(22)42-32(43-31)48-18-33-7-3-12-45(33)16-19(36)15-33/h13-14,19,47H,1-12,15-18,40H2,(H,41,46)/t19?,33-,34?/m0/s1. The number of alkyl halides is 1. The van der Waals surface area contributed by atoms with Gasteiger partial charge in [0.25, 0.3) is 0 Å². The average molecular weight is 691 g/mol. The summed E-state index contributed by atoms with van der Waals surface area (Å²) < 4.78 is 68.7. The fourth-order valence-corrected chi connectivity index (χ4v) is 8.42. The number of aliphatic hydroxyl groups is 1. The van der Waals surface area contributed by atoms with Crippen LogP contribution in [0.5, 0.6) is 6.01 Å². The van der Waals surface area contributed by atoms with Crippen LogP contribution in [0, 0.1) is 17.5 Å². The highest BCUT2D eigenvalue weighted by atomic mass is 35.5. The molecule has 3 saturated heterocycles. The topological polar surface area (TPSA) is 117 Å². The van der Waals surface area contributed by atoms with E-state index in [1.807, 2.05) is 0 Å². The van der Waals surface area contributed by atoms with Crippen LogP contribution in [0.25, 0.3) is 22.0 Å². The van der Waals surface area contributed by atoms with Crippen LogP contribution < -0.4 is 20.7 Å². The number of hydrogen-bond donors (Lipinski definition) is 3. The second-order valence-electron chi connectivity index (χ2n) is 13.8. The minimum Gasteiger partial charge on any atom is -0.461 e. The first-order valence-corrected chi connectivity index (χ1v) is 17.1. The number of nitrogens with two attached hydrogens (primary N) is 1. The van der Waals surface area contributed by atoms with Gasteiger partial charge in [-0.2, -0.15) is 9.97 Å². The highest BCUT2D eigenvalue weighted by Gasteiger charge is 2.49. The second kappa shape index (κ2) is 12.8. The summed E-state index contributed by atoms with van der Waals surface area (Å²) in [5, 5.41) is 14.2. The molecule has 3 fully saturated rings. The fourth-order valence-electron chi connectivity index (χ4n) is 8.12. The van der Waals surface area contributed by atoms with E-state index in [0.717, 1.165) is 25.5 Å². The smallest absolute Gasteiger partial charge is 0.319 e. The minimum absolute atomic E-state index is 0.0169. The first-order chi connectivity index (χ1) is 23.0. The van der Waals surface area contributed by atoms with Gasteiger partial charge >= 0.3 is 6.01 Å². The number of benzene rings is 2. The molecule has 2 aromatic carbocycles. The van der Waals surface area contributed by atoms with Gasteiger partial charge in [0, 0.05) is 44.4 Å². The predicted octanol–water partition coefficient (Wildman–Crippen LogP) is 5.47. The Kier molecular flexibility index (Phi) is 8.82. The summed E-state index contributed by atoms with van der Waals surface area (Å²) in [7, 11) is 0. The second-order valence-corrected chi connectivity index (χ2v) is 14.2. The number of fused-ring (bicyclic) bond motifs is 9. The van der Waals surface area contributed by atoms with E-state index < -0.39 is 40.3 Å². The molecule has 0 aliphatic carbocycles. The zero-order chi connectivity index (χ0) is 33.8. The molecule has 3 atom stereocenters. The van der Waals surface area contributed by atoms with Gasteiger partial charge in [-0.15, -0.1) is 0 Å². The Labute approximate surface area is 280 Å². The van der Waals surface area contributed by atoms with Gasteiger partial charge in [-0.3, -0.25) is 9.69 Å². The number of carbonyl (C=O) groups excluding carboxylic acids is 1. The number of amides is 1. The van der Waals surface area contributed by atoms with E-state index >= 15 is 8.78 Å². The first kappa shape index (κ1) is 33.1. The van der Waals surface area contributed by atoms with Crippen molar-refractivity contribution in [3.8, 4) is 17.1 Å². The van der Waals surface area contributed by atoms with Crippen molar-refractivity contribution < 1.29 is 32.2 Å². The summed E-state index contributed by atoms with van der Waals surface area (Å²) in [5.74, 6) is -2.89. The molecule has 4 N–H and O–H groups in total. The molecular formula is C34H39ClF4N6O3. The lowest BCUT2D eigenvalue weighted by Crippen LogP contribution is -2.50. The fraction of sp³-hybridized carbons (Fsp3) is 0.559. The van der Waals surface area contributed by atoms with Crippen molar-refractivity contribution in [3.63, 3.8) is 0 Å². The van der Waals surface area contributed by atoms with E-state index in [-0.39, 0.29) is 89.4 Å². The number of aromatic nitrogens is 2. The molecular weight excluding hydrogens is 652 g/mol. The largest absolute Gasteiger partial charge is 0.461 e. The van der Waals surface area contributed by atoms with Crippen LogP contribution in [-0.4, -0.2) is 82.5 Å². The van der Waals surface area contributed by atoms with Gasteiger partial charge in [0.1, 0.15) is 29.9 Å². The number of hydrogen-bond acceptors (Lipinski definition) is 8. The normalized spacial score (nSPS) is 26.8. The molecule has 14 heteroatoms. The van der Waals surface area contributed by atoms with Crippen LogP contribution >= 0.6 is 11.6 Å². The molecule has 0 radical (unpaired) electrons. The summed E-state index contributed by atoms with van der Waals surface area (Å²) >= 11 is 6.41. The minimum atomic E-state index is -1.20. The number of ether oxygens (including phenoxy) is 1. The van der Waals surface area contributed by atoms with Crippen LogP contribution in [0.1, 0.15) is 63.4 Å². The summed E-state index contributed by atoms with van der Waals surface area (Å²) in [6.45, 7) is 1.93. The number of piperidine rings is 1. The van der Waals surface area contributed by atoms with Crippen molar-refractivity contribution in [1.82, 2.24) is 20.2 Å². The monoisotopic (exact) mass is 690 g/mol. The Morgan fingerprint density at radius 3 is 2.69 bits per heavy atom. The Morgan fingerprint density at radius 1 is 1.06 bits per heavy atom. The van der Waals surface area contributed by atoms with Crippen LogP contribution in [0.2, 0.25) is 5.02 Å². The number of halogens is 5. The predicted molar refractivity (Wildman–Crippen MR) is 174 cm³/mol. The van der Waals surface area contributed by atoms with Crippen LogP contribution in [0.4, 0.5) is 29.1 Å². The highest BCUT2D eigenvalue weighted by molar-refractivity contribution is 6.32. The molecule has 0 saturated carbocycles. The van der Waals surface area contributed by atoms with Gasteiger partial charge in [0.15, 0.2) is 11.6 Å². The van der Waals surface area contributed by atoms with Crippen molar-refractivity contribution in [3.05, 3.63) is 40.2 Å². The summed E-state index contributed by atoms with van der Waals surface area (Å²) in [5.41, 5.74) is 3.26. The van der Waals surface area contributed by atoms with E-state index in [0.29, 0.717) is 45.2 Å². The lowest BCUT2D eigenvalue weighted by Gasteiger charge is -2.40. The zero-order valence-corrected chi connectivity index (χ0v) is 27.3. The SMILES string of the molecule is Nc1cc2c(c(Cl)c1F)CCCCC(=O)NCCC1(O)CCCN(C1)c1nc(OC[C@@]34CCCN3CC(F)C4)nc3c(F)c-2c(F)cc13. The number of nitrogens with zero attached hydrogens (tertiary/aromatic N) is 4. The van der Waals surface area contributed by atoms with Crippen LogP contribution in [0.3, 0.4) is 0 Å². The molecule has 1 aromatic heterocycles. The van der Waals surface area contributed by atoms with Gasteiger partial charge in [0.2, 0.25) is 5.91 Å². The molecule has 5 aliphatic rings. The van der Waals surface area contributed by atoms with E-state index in [2.05, 4.69) is 20.2 Å². The lowest BCUT2D eigenvalue weighted by atomic mass is 9.89. The quantitative estimate of drug-likeness (QED) is 0.245. The van der Waals surface area contributed by atoms with Crippen molar-refractivity contribution >= 4 is 39.9 Å².